The van der Waals surface area contributed by atoms with Crippen molar-refractivity contribution in [2.45, 2.75) is 32.6 Å². The molecule has 0 aliphatic heterocycles. The molecule has 0 unspecified atom stereocenters. The zero-order valence-corrected chi connectivity index (χ0v) is 15.8. The van der Waals surface area contributed by atoms with Crippen LogP contribution in [0.15, 0.2) is 30.3 Å². The van der Waals surface area contributed by atoms with Crippen molar-refractivity contribution in [3.63, 3.8) is 0 Å². The summed E-state index contributed by atoms with van der Waals surface area (Å²) < 4.78 is 22.1. The van der Waals surface area contributed by atoms with Crippen LogP contribution in [0.3, 0.4) is 0 Å². The van der Waals surface area contributed by atoms with Crippen molar-refractivity contribution in [2.24, 2.45) is 0 Å². The summed E-state index contributed by atoms with van der Waals surface area (Å²) in [5, 5.41) is 0. The van der Waals surface area contributed by atoms with Gasteiger partial charge >= 0.3 is 0 Å². The molecular formula is C21H28O4. The first-order chi connectivity index (χ1) is 12.2. The van der Waals surface area contributed by atoms with Crippen LogP contribution in [0.1, 0.15) is 31.7 Å². The number of ether oxygens (including phenoxy) is 4. The second-order valence-electron chi connectivity index (χ2n) is 5.90. The predicted molar refractivity (Wildman–Crippen MR) is 101 cm³/mol. The van der Waals surface area contributed by atoms with Crippen molar-refractivity contribution in [2.75, 3.05) is 28.4 Å². The lowest BCUT2D eigenvalue weighted by Gasteiger charge is -2.17. The fourth-order valence-corrected chi connectivity index (χ4v) is 2.97. The molecule has 25 heavy (non-hydrogen) atoms. The first-order valence-electron chi connectivity index (χ1n) is 8.65. The Morgan fingerprint density at radius 2 is 1.28 bits per heavy atom. The van der Waals surface area contributed by atoms with E-state index >= 15 is 0 Å². The van der Waals surface area contributed by atoms with Crippen molar-refractivity contribution in [3.8, 4) is 34.1 Å². The molecule has 2 aromatic rings. The van der Waals surface area contributed by atoms with Gasteiger partial charge in [-0.2, -0.15) is 0 Å². The largest absolute Gasteiger partial charge is 0.496 e. The van der Waals surface area contributed by atoms with Gasteiger partial charge in [-0.05, 0) is 48.2 Å². The molecule has 0 fully saturated rings. The Balaban J connectivity index is 2.49. The quantitative estimate of drug-likeness (QED) is 0.592. The molecule has 4 heteroatoms. The summed E-state index contributed by atoms with van der Waals surface area (Å²) >= 11 is 0. The second kappa shape index (κ2) is 9.21. The number of aryl methyl sites for hydroxylation is 1. The first kappa shape index (κ1) is 19.0. The van der Waals surface area contributed by atoms with Crippen LogP contribution in [-0.2, 0) is 6.42 Å². The average Bonchev–Trinajstić information content (AvgIpc) is 2.66. The van der Waals surface area contributed by atoms with E-state index in [1.54, 1.807) is 28.4 Å². The van der Waals surface area contributed by atoms with Gasteiger partial charge in [-0.3, -0.25) is 0 Å². The van der Waals surface area contributed by atoms with E-state index in [1.165, 1.54) is 24.8 Å². The Morgan fingerprint density at radius 3 is 1.80 bits per heavy atom. The van der Waals surface area contributed by atoms with Crippen LogP contribution in [0.2, 0.25) is 0 Å². The standard InChI is InChI=1S/C21H28O4/c1-6-7-8-9-15-12-19(24-4)21(20(13-15)25-5)16-10-11-17(22-2)18(14-16)23-3/h10-14H,6-9H2,1-5H3. The second-order valence-corrected chi connectivity index (χ2v) is 5.90. The number of methoxy groups -OCH3 is 4. The molecule has 0 amide bonds. The SMILES string of the molecule is CCCCCc1cc(OC)c(-c2ccc(OC)c(OC)c2)c(OC)c1. The molecule has 0 atom stereocenters. The summed E-state index contributed by atoms with van der Waals surface area (Å²) in [5.41, 5.74) is 3.11. The maximum Gasteiger partial charge on any atom is 0.161 e. The summed E-state index contributed by atoms with van der Waals surface area (Å²) in [6, 6.07) is 10.0. The highest BCUT2D eigenvalue weighted by atomic mass is 16.5. The highest BCUT2D eigenvalue weighted by Gasteiger charge is 2.16. The van der Waals surface area contributed by atoms with E-state index in [0.717, 1.165) is 29.0 Å². The lowest BCUT2D eigenvalue weighted by Crippen LogP contribution is -1.97. The molecule has 136 valence electrons. The Bertz CT molecular complexity index is 669. The molecular weight excluding hydrogens is 316 g/mol. The molecule has 0 heterocycles. The number of hydrogen-bond acceptors (Lipinski definition) is 4. The molecule has 0 radical (unpaired) electrons. The number of hydrogen-bond donors (Lipinski definition) is 0. The van der Waals surface area contributed by atoms with E-state index in [2.05, 4.69) is 19.1 Å². The molecule has 4 nitrogen and oxygen atoms in total. The van der Waals surface area contributed by atoms with Crippen molar-refractivity contribution < 1.29 is 18.9 Å². The van der Waals surface area contributed by atoms with Gasteiger partial charge in [0.1, 0.15) is 11.5 Å². The summed E-state index contributed by atoms with van der Waals surface area (Å²) in [7, 11) is 6.64. The molecule has 0 saturated carbocycles. The molecule has 0 N–H and O–H groups in total. The Morgan fingerprint density at radius 1 is 0.680 bits per heavy atom. The minimum Gasteiger partial charge on any atom is -0.496 e. The van der Waals surface area contributed by atoms with E-state index < -0.39 is 0 Å². The van der Waals surface area contributed by atoms with Gasteiger partial charge in [0.25, 0.3) is 0 Å². The van der Waals surface area contributed by atoms with E-state index in [1.807, 2.05) is 18.2 Å². The van der Waals surface area contributed by atoms with Gasteiger partial charge in [-0.25, -0.2) is 0 Å². The van der Waals surface area contributed by atoms with Crippen molar-refractivity contribution in [1.29, 1.82) is 0 Å². The number of benzene rings is 2. The molecule has 0 bridgehead atoms. The normalized spacial score (nSPS) is 10.4. The van der Waals surface area contributed by atoms with Gasteiger partial charge in [-0.15, -0.1) is 0 Å². The Hall–Kier alpha value is -2.36. The fraction of sp³-hybridized carbons (Fsp3) is 0.429. The Labute approximate surface area is 150 Å². The minimum atomic E-state index is 0.677. The maximum absolute atomic E-state index is 5.67. The van der Waals surface area contributed by atoms with Crippen LogP contribution in [0, 0.1) is 0 Å². The summed E-state index contributed by atoms with van der Waals surface area (Å²) in [4.78, 5) is 0. The molecule has 0 aromatic heterocycles. The topological polar surface area (TPSA) is 36.9 Å². The smallest absolute Gasteiger partial charge is 0.161 e. The zero-order valence-electron chi connectivity index (χ0n) is 15.8. The fourth-order valence-electron chi connectivity index (χ4n) is 2.97. The minimum absolute atomic E-state index is 0.677. The number of rotatable bonds is 9. The van der Waals surface area contributed by atoms with Gasteiger partial charge in [0.05, 0.1) is 34.0 Å². The molecule has 0 aliphatic carbocycles. The monoisotopic (exact) mass is 344 g/mol. The highest BCUT2D eigenvalue weighted by molar-refractivity contribution is 5.79. The predicted octanol–water partition coefficient (Wildman–Crippen LogP) is 5.12. The lowest BCUT2D eigenvalue weighted by molar-refractivity contribution is 0.355. The number of unbranched alkanes of at least 4 members (excludes halogenated alkanes) is 2. The summed E-state index contributed by atoms with van der Waals surface area (Å²) in [6.45, 7) is 2.21. The highest BCUT2D eigenvalue weighted by Crippen LogP contribution is 2.42. The van der Waals surface area contributed by atoms with Gasteiger partial charge < -0.3 is 18.9 Å². The van der Waals surface area contributed by atoms with Crippen LogP contribution in [0.25, 0.3) is 11.1 Å². The maximum atomic E-state index is 5.67. The molecule has 0 saturated heterocycles. The third kappa shape index (κ3) is 4.38. The van der Waals surface area contributed by atoms with E-state index in [9.17, 15) is 0 Å². The van der Waals surface area contributed by atoms with Gasteiger partial charge in [-0.1, -0.05) is 25.8 Å². The average molecular weight is 344 g/mol. The molecule has 2 rings (SSSR count). The molecule has 2 aromatic carbocycles. The van der Waals surface area contributed by atoms with Crippen LogP contribution in [-0.4, -0.2) is 28.4 Å². The summed E-state index contributed by atoms with van der Waals surface area (Å²) in [6.07, 6.45) is 4.62. The van der Waals surface area contributed by atoms with Gasteiger partial charge in [0.15, 0.2) is 11.5 Å². The van der Waals surface area contributed by atoms with Crippen molar-refractivity contribution in [3.05, 3.63) is 35.9 Å². The molecule has 0 spiro atoms. The molecule has 0 aliphatic rings. The van der Waals surface area contributed by atoms with E-state index in [-0.39, 0.29) is 0 Å². The first-order valence-corrected chi connectivity index (χ1v) is 8.65. The van der Waals surface area contributed by atoms with Crippen molar-refractivity contribution in [1.82, 2.24) is 0 Å². The van der Waals surface area contributed by atoms with Gasteiger partial charge in [0.2, 0.25) is 0 Å². The summed E-state index contributed by atoms with van der Waals surface area (Å²) in [5.74, 6) is 2.98. The van der Waals surface area contributed by atoms with Gasteiger partial charge in [0, 0.05) is 0 Å². The van der Waals surface area contributed by atoms with E-state index in [4.69, 9.17) is 18.9 Å². The van der Waals surface area contributed by atoms with E-state index in [0.29, 0.717) is 11.5 Å². The van der Waals surface area contributed by atoms with Crippen molar-refractivity contribution >= 4 is 0 Å². The Kier molecular flexibility index (Phi) is 6.99. The third-order valence-corrected chi connectivity index (χ3v) is 4.31. The van der Waals surface area contributed by atoms with Crippen LogP contribution < -0.4 is 18.9 Å². The van der Waals surface area contributed by atoms with Crippen LogP contribution >= 0.6 is 0 Å². The zero-order chi connectivity index (χ0) is 18.2. The van der Waals surface area contributed by atoms with Crippen LogP contribution in [0.5, 0.6) is 23.0 Å². The lowest BCUT2D eigenvalue weighted by atomic mass is 9.98. The van der Waals surface area contributed by atoms with Crippen LogP contribution in [0.4, 0.5) is 0 Å². The third-order valence-electron chi connectivity index (χ3n) is 4.31.